The van der Waals surface area contributed by atoms with Crippen LogP contribution in [-0.4, -0.2) is 37.2 Å². The average Bonchev–Trinajstić information content (AvgIpc) is 3.34. The molecule has 0 saturated heterocycles. The van der Waals surface area contributed by atoms with Gasteiger partial charge in [-0.3, -0.25) is 14.4 Å². The van der Waals surface area contributed by atoms with E-state index in [4.69, 9.17) is 14.2 Å². The zero-order chi connectivity index (χ0) is 49.3. The van der Waals surface area contributed by atoms with E-state index in [1.165, 1.54) is 96.3 Å². The summed E-state index contributed by atoms with van der Waals surface area (Å²) in [5.41, 5.74) is 0. The molecule has 0 saturated carbocycles. The summed E-state index contributed by atoms with van der Waals surface area (Å²) in [7, 11) is 0. The number of unbranched alkanes of at least 4 members (excludes halogenated alkanes) is 20. The molecule has 6 heteroatoms. The Balaban J connectivity index is 4.35. The van der Waals surface area contributed by atoms with E-state index in [1.807, 2.05) is 12.2 Å². The van der Waals surface area contributed by atoms with Gasteiger partial charge in [0.2, 0.25) is 0 Å². The summed E-state index contributed by atoms with van der Waals surface area (Å²) >= 11 is 0. The van der Waals surface area contributed by atoms with Crippen molar-refractivity contribution in [2.75, 3.05) is 13.2 Å². The summed E-state index contributed by atoms with van der Waals surface area (Å²) < 4.78 is 16.7. The molecule has 0 aliphatic heterocycles. The first kappa shape index (κ1) is 64.1. The van der Waals surface area contributed by atoms with Crippen molar-refractivity contribution in [3.05, 3.63) is 109 Å². The molecule has 0 rings (SSSR count). The zero-order valence-electron chi connectivity index (χ0n) is 44.1. The van der Waals surface area contributed by atoms with Gasteiger partial charge in [0.1, 0.15) is 13.2 Å². The standard InChI is InChI=1S/C62H102O6/c1-4-7-10-13-16-19-22-25-26-27-28-29-30-31-32-33-34-35-36-38-40-43-46-49-52-55-61(64)67-58-59(57-66-60(63)54-51-48-45-42-39-24-21-18-15-12-9-6-3)68-62(65)56-53-50-47-44-41-37-23-20-17-14-11-8-5-2/h7-8,10-11,16-17,19-20,25-26,28-29,31-32,37,41,47,50,59H,4-6,9,12-15,18,21-24,27,30,33-36,38-40,42-46,48-49,51-58H2,1-3H3/b10-7-,11-8-,19-16-,20-17-,26-25-,29-28-,32-31-,41-37-,50-47-. The lowest BCUT2D eigenvalue weighted by molar-refractivity contribution is -0.166. The normalized spacial score (nSPS) is 12.9. The van der Waals surface area contributed by atoms with Crippen LogP contribution in [0.2, 0.25) is 0 Å². The van der Waals surface area contributed by atoms with Crippen LogP contribution in [0.4, 0.5) is 0 Å². The summed E-state index contributed by atoms with van der Waals surface area (Å²) in [5, 5.41) is 0. The SMILES string of the molecule is CC/C=C\C/C=C\C/C=C\C/C=C\C/C=C\CCCCCCCCCCCC(=O)OCC(COC(=O)CCCCCCCCCCCCCC)OC(=O)CC/C=C\C/C=C\C/C=C\C/C=C\CC. The first-order valence-electron chi connectivity index (χ1n) is 27.9. The second kappa shape index (κ2) is 55.7. The van der Waals surface area contributed by atoms with Crippen LogP contribution in [0.3, 0.4) is 0 Å². The number of ether oxygens (including phenoxy) is 3. The summed E-state index contributed by atoms with van der Waals surface area (Å²) in [6.07, 6.45) is 75.3. The van der Waals surface area contributed by atoms with E-state index >= 15 is 0 Å². The van der Waals surface area contributed by atoms with Crippen LogP contribution < -0.4 is 0 Å². The van der Waals surface area contributed by atoms with Crippen molar-refractivity contribution in [1.82, 2.24) is 0 Å². The second-order valence-corrected chi connectivity index (χ2v) is 18.1. The zero-order valence-corrected chi connectivity index (χ0v) is 44.1. The van der Waals surface area contributed by atoms with E-state index in [-0.39, 0.29) is 31.6 Å². The molecule has 0 aromatic rings. The molecule has 0 fully saturated rings. The summed E-state index contributed by atoms with van der Waals surface area (Å²) in [4.78, 5) is 38.0. The molecule has 0 bridgehead atoms. The van der Waals surface area contributed by atoms with Gasteiger partial charge in [0.05, 0.1) is 0 Å². The fourth-order valence-corrected chi connectivity index (χ4v) is 7.42. The van der Waals surface area contributed by atoms with E-state index in [9.17, 15) is 14.4 Å². The summed E-state index contributed by atoms with van der Waals surface area (Å²) in [6.45, 7) is 6.34. The number of esters is 3. The van der Waals surface area contributed by atoms with E-state index in [1.54, 1.807) is 0 Å². The largest absolute Gasteiger partial charge is 0.462 e. The highest BCUT2D eigenvalue weighted by Gasteiger charge is 2.19. The molecule has 0 radical (unpaired) electrons. The van der Waals surface area contributed by atoms with Crippen LogP contribution >= 0.6 is 0 Å². The van der Waals surface area contributed by atoms with E-state index in [0.717, 1.165) is 103 Å². The van der Waals surface area contributed by atoms with Crippen LogP contribution in [0.5, 0.6) is 0 Å². The van der Waals surface area contributed by atoms with Gasteiger partial charge in [-0.25, -0.2) is 0 Å². The van der Waals surface area contributed by atoms with Crippen molar-refractivity contribution in [3.63, 3.8) is 0 Å². The third kappa shape index (κ3) is 53.0. The Morgan fingerprint density at radius 2 is 0.603 bits per heavy atom. The maximum atomic E-state index is 12.8. The Morgan fingerprint density at radius 3 is 0.956 bits per heavy atom. The lowest BCUT2D eigenvalue weighted by Gasteiger charge is -2.18. The Labute approximate surface area is 419 Å². The van der Waals surface area contributed by atoms with Gasteiger partial charge in [-0.1, -0.05) is 246 Å². The lowest BCUT2D eigenvalue weighted by Crippen LogP contribution is -2.30. The summed E-state index contributed by atoms with van der Waals surface area (Å²) in [5.74, 6) is -0.998. The molecule has 0 aliphatic carbocycles. The maximum Gasteiger partial charge on any atom is 0.306 e. The molecule has 1 unspecified atom stereocenters. The number of hydrogen-bond donors (Lipinski definition) is 0. The van der Waals surface area contributed by atoms with Gasteiger partial charge in [0.25, 0.3) is 0 Å². The van der Waals surface area contributed by atoms with Crippen LogP contribution in [0, 0.1) is 0 Å². The minimum absolute atomic E-state index is 0.108. The van der Waals surface area contributed by atoms with Gasteiger partial charge in [-0.05, 0) is 89.9 Å². The highest BCUT2D eigenvalue weighted by molar-refractivity contribution is 5.71. The van der Waals surface area contributed by atoms with Crippen LogP contribution in [0.1, 0.15) is 245 Å². The van der Waals surface area contributed by atoms with E-state index in [0.29, 0.717) is 19.3 Å². The van der Waals surface area contributed by atoms with Crippen molar-refractivity contribution < 1.29 is 28.6 Å². The molecule has 0 aromatic heterocycles. The number of hydrogen-bond acceptors (Lipinski definition) is 6. The molecule has 0 N–H and O–H groups in total. The quantitative estimate of drug-likeness (QED) is 0.0262. The average molecular weight is 943 g/mol. The fraction of sp³-hybridized carbons (Fsp3) is 0.661. The smallest absolute Gasteiger partial charge is 0.306 e. The maximum absolute atomic E-state index is 12.8. The highest BCUT2D eigenvalue weighted by Crippen LogP contribution is 2.15. The molecule has 0 aliphatic rings. The van der Waals surface area contributed by atoms with Gasteiger partial charge in [-0.15, -0.1) is 0 Å². The molecule has 68 heavy (non-hydrogen) atoms. The van der Waals surface area contributed by atoms with E-state index in [2.05, 4.69) is 118 Å². The Bertz CT molecular complexity index is 1410. The van der Waals surface area contributed by atoms with Crippen molar-refractivity contribution in [1.29, 1.82) is 0 Å². The molecule has 1 atom stereocenters. The van der Waals surface area contributed by atoms with Gasteiger partial charge >= 0.3 is 17.9 Å². The predicted molar refractivity (Wildman–Crippen MR) is 293 cm³/mol. The molecule has 386 valence electrons. The molecule has 0 heterocycles. The third-order valence-corrected chi connectivity index (χ3v) is 11.5. The van der Waals surface area contributed by atoms with Crippen molar-refractivity contribution >= 4 is 17.9 Å². The Kier molecular flexibility index (Phi) is 52.4. The molecule has 0 aromatic carbocycles. The third-order valence-electron chi connectivity index (χ3n) is 11.5. The number of carbonyl (C=O) groups excluding carboxylic acids is 3. The number of rotatable bonds is 49. The Hall–Kier alpha value is -3.93. The first-order valence-corrected chi connectivity index (χ1v) is 27.9. The molecular weight excluding hydrogens is 841 g/mol. The second-order valence-electron chi connectivity index (χ2n) is 18.1. The van der Waals surface area contributed by atoms with Crippen molar-refractivity contribution in [3.8, 4) is 0 Å². The molecule has 6 nitrogen and oxygen atoms in total. The van der Waals surface area contributed by atoms with Crippen molar-refractivity contribution in [2.45, 2.75) is 252 Å². The van der Waals surface area contributed by atoms with Crippen LogP contribution in [0.25, 0.3) is 0 Å². The van der Waals surface area contributed by atoms with Crippen LogP contribution in [-0.2, 0) is 28.6 Å². The summed E-state index contributed by atoms with van der Waals surface area (Å²) in [6, 6.07) is 0. The molecule has 0 amide bonds. The van der Waals surface area contributed by atoms with Gasteiger partial charge in [-0.2, -0.15) is 0 Å². The number of allylic oxidation sites excluding steroid dienone is 18. The van der Waals surface area contributed by atoms with Gasteiger partial charge < -0.3 is 14.2 Å². The van der Waals surface area contributed by atoms with Gasteiger partial charge in [0.15, 0.2) is 6.10 Å². The molecular formula is C62H102O6. The van der Waals surface area contributed by atoms with E-state index < -0.39 is 12.1 Å². The topological polar surface area (TPSA) is 78.9 Å². The van der Waals surface area contributed by atoms with Crippen LogP contribution in [0.15, 0.2) is 109 Å². The van der Waals surface area contributed by atoms with Gasteiger partial charge in [0, 0.05) is 19.3 Å². The highest BCUT2D eigenvalue weighted by atomic mass is 16.6. The fourth-order valence-electron chi connectivity index (χ4n) is 7.42. The molecule has 0 spiro atoms. The monoisotopic (exact) mass is 943 g/mol. The number of carbonyl (C=O) groups is 3. The first-order chi connectivity index (χ1) is 33.5. The minimum Gasteiger partial charge on any atom is -0.462 e. The Morgan fingerprint density at radius 1 is 0.309 bits per heavy atom. The minimum atomic E-state index is -0.818. The van der Waals surface area contributed by atoms with Crippen molar-refractivity contribution in [2.24, 2.45) is 0 Å². The predicted octanol–water partition coefficient (Wildman–Crippen LogP) is 18.7. The lowest BCUT2D eigenvalue weighted by atomic mass is 10.0.